The van der Waals surface area contributed by atoms with E-state index in [0.717, 1.165) is 35.7 Å². The lowest BCUT2D eigenvalue weighted by molar-refractivity contribution is 0.0898. The van der Waals surface area contributed by atoms with Crippen molar-refractivity contribution in [2.45, 2.75) is 31.4 Å². The Morgan fingerprint density at radius 3 is 2.89 bits per heavy atom. The summed E-state index contributed by atoms with van der Waals surface area (Å²) in [5.41, 5.74) is 0.988. The van der Waals surface area contributed by atoms with Crippen molar-refractivity contribution < 1.29 is 4.74 Å². The second-order valence-electron chi connectivity index (χ2n) is 5.45. The van der Waals surface area contributed by atoms with Crippen LogP contribution >= 0.6 is 0 Å². The van der Waals surface area contributed by atoms with Crippen LogP contribution in [0.15, 0.2) is 30.6 Å². The van der Waals surface area contributed by atoms with Crippen LogP contribution in [0, 0.1) is 5.92 Å². The van der Waals surface area contributed by atoms with Gasteiger partial charge in [-0.05, 0) is 37.3 Å². The van der Waals surface area contributed by atoms with E-state index in [0.29, 0.717) is 12.1 Å². The van der Waals surface area contributed by atoms with Crippen LogP contribution in [0.1, 0.15) is 19.3 Å². The molecular weight excluding hydrogens is 238 g/mol. The Bertz CT molecular complexity index is 591. The summed E-state index contributed by atoms with van der Waals surface area (Å²) in [6.45, 7) is 0.863. The topological polar surface area (TPSA) is 47.0 Å². The first kappa shape index (κ1) is 11.2. The Morgan fingerprint density at radius 1 is 1.11 bits per heavy atom. The maximum absolute atomic E-state index is 5.87. The first-order valence-corrected chi connectivity index (χ1v) is 7.00. The van der Waals surface area contributed by atoms with E-state index in [4.69, 9.17) is 4.74 Å². The third-order valence-corrected chi connectivity index (χ3v) is 4.09. The van der Waals surface area contributed by atoms with Crippen LogP contribution in [0.3, 0.4) is 0 Å². The fourth-order valence-corrected chi connectivity index (χ4v) is 2.95. The normalized spacial score (nSPS) is 26.7. The lowest BCUT2D eigenvalue weighted by atomic mass is 10.1. The zero-order chi connectivity index (χ0) is 12.7. The monoisotopic (exact) mass is 255 g/mol. The molecule has 2 atom stereocenters. The van der Waals surface area contributed by atoms with Gasteiger partial charge in [0.05, 0.1) is 17.7 Å². The Balaban J connectivity index is 1.64. The minimum absolute atomic E-state index is 0.369. The molecule has 19 heavy (non-hydrogen) atoms. The number of nitrogens with one attached hydrogen (secondary N) is 1. The van der Waals surface area contributed by atoms with E-state index in [9.17, 15) is 0 Å². The molecule has 2 heterocycles. The number of benzene rings is 1. The van der Waals surface area contributed by atoms with Crippen LogP contribution in [0.5, 0.6) is 0 Å². The van der Waals surface area contributed by atoms with Gasteiger partial charge >= 0.3 is 0 Å². The molecule has 0 bridgehead atoms. The van der Waals surface area contributed by atoms with E-state index in [-0.39, 0.29) is 0 Å². The van der Waals surface area contributed by atoms with Crippen molar-refractivity contribution >= 4 is 16.7 Å². The summed E-state index contributed by atoms with van der Waals surface area (Å²) in [5, 5.41) is 4.67. The van der Waals surface area contributed by atoms with Crippen molar-refractivity contribution in [1.82, 2.24) is 9.97 Å². The summed E-state index contributed by atoms with van der Waals surface area (Å²) in [4.78, 5) is 8.71. The average molecular weight is 255 g/mol. The van der Waals surface area contributed by atoms with Gasteiger partial charge in [0, 0.05) is 12.0 Å². The molecule has 2 aliphatic rings. The molecule has 1 N–H and O–H groups in total. The standard InChI is InChI=1S/C15H17N3O/c1-2-4-12-11(3-1)15(17-9-16-12)18-13-7-8-19-14(13)10-5-6-10/h1-4,9-10,13-14H,5-8H2,(H,16,17,18). The third kappa shape index (κ3) is 2.06. The molecule has 4 rings (SSSR count). The molecule has 98 valence electrons. The minimum atomic E-state index is 0.369. The van der Waals surface area contributed by atoms with E-state index in [1.54, 1.807) is 6.33 Å². The van der Waals surface area contributed by atoms with Gasteiger partial charge in [-0.3, -0.25) is 0 Å². The van der Waals surface area contributed by atoms with Crippen molar-refractivity contribution in [2.75, 3.05) is 11.9 Å². The fourth-order valence-electron chi connectivity index (χ4n) is 2.95. The number of hydrogen-bond acceptors (Lipinski definition) is 4. The summed E-state index contributed by atoms with van der Waals surface area (Å²) in [7, 11) is 0. The van der Waals surface area contributed by atoms with E-state index in [2.05, 4.69) is 21.4 Å². The molecule has 1 aliphatic heterocycles. The first-order chi connectivity index (χ1) is 9.42. The molecule has 1 aliphatic carbocycles. The lowest BCUT2D eigenvalue weighted by Crippen LogP contribution is -2.31. The molecule has 0 amide bonds. The van der Waals surface area contributed by atoms with E-state index in [1.807, 2.05) is 18.2 Å². The molecule has 1 saturated carbocycles. The van der Waals surface area contributed by atoms with E-state index >= 15 is 0 Å². The van der Waals surface area contributed by atoms with Gasteiger partial charge in [-0.15, -0.1) is 0 Å². The van der Waals surface area contributed by atoms with E-state index in [1.165, 1.54) is 12.8 Å². The SMILES string of the molecule is c1ccc2c(NC3CCOC3C3CC3)ncnc2c1. The van der Waals surface area contributed by atoms with Gasteiger partial charge in [-0.2, -0.15) is 0 Å². The van der Waals surface area contributed by atoms with Gasteiger partial charge in [0.2, 0.25) is 0 Å². The number of para-hydroxylation sites is 1. The minimum Gasteiger partial charge on any atom is -0.376 e. The predicted octanol–water partition coefficient (Wildman–Crippen LogP) is 2.61. The van der Waals surface area contributed by atoms with Crippen molar-refractivity contribution in [3.05, 3.63) is 30.6 Å². The molecule has 1 aromatic carbocycles. The van der Waals surface area contributed by atoms with Gasteiger partial charge in [0.15, 0.2) is 0 Å². The molecule has 2 aromatic rings. The molecule has 4 nitrogen and oxygen atoms in total. The third-order valence-electron chi connectivity index (χ3n) is 4.09. The van der Waals surface area contributed by atoms with Gasteiger partial charge in [-0.1, -0.05) is 12.1 Å². The molecule has 0 spiro atoms. The number of aromatic nitrogens is 2. The summed E-state index contributed by atoms with van der Waals surface area (Å²) in [5.74, 6) is 1.69. The Labute approximate surface area is 112 Å². The second-order valence-corrected chi connectivity index (χ2v) is 5.45. The van der Waals surface area contributed by atoms with Gasteiger partial charge < -0.3 is 10.1 Å². The van der Waals surface area contributed by atoms with Gasteiger partial charge in [-0.25, -0.2) is 9.97 Å². The summed E-state index contributed by atoms with van der Waals surface area (Å²) in [6, 6.07) is 8.52. The quantitative estimate of drug-likeness (QED) is 0.915. The molecule has 4 heteroatoms. The highest BCUT2D eigenvalue weighted by molar-refractivity contribution is 5.88. The number of ether oxygens (including phenoxy) is 1. The number of anilines is 1. The fraction of sp³-hybridized carbons (Fsp3) is 0.467. The van der Waals surface area contributed by atoms with Crippen LogP contribution in [-0.4, -0.2) is 28.7 Å². The smallest absolute Gasteiger partial charge is 0.137 e. The van der Waals surface area contributed by atoms with Crippen LogP contribution < -0.4 is 5.32 Å². The number of rotatable bonds is 3. The molecule has 0 radical (unpaired) electrons. The number of fused-ring (bicyclic) bond motifs is 1. The van der Waals surface area contributed by atoms with Crippen molar-refractivity contribution in [3.8, 4) is 0 Å². The van der Waals surface area contributed by atoms with Gasteiger partial charge in [0.25, 0.3) is 0 Å². The van der Waals surface area contributed by atoms with Crippen LogP contribution in [0.25, 0.3) is 10.9 Å². The second kappa shape index (κ2) is 4.46. The highest BCUT2D eigenvalue weighted by atomic mass is 16.5. The van der Waals surface area contributed by atoms with Crippen LogP contribution in [-0.2, 0) is 4.74 Å². The van der Waals surface area contributed by atoms with Gasteiger partial charge in [0.1, 0.15) is 12.1 Å². The molecule has 2 unspecified atom stereocenters. The zero-order valence-electron chi connectivity index (χ0n) is 10.7. The van der Waals surface area contributed by atoms with E-state index < -0.39 is 0 Å². The first-order valence-electron chi connectivity index (χ1n) is 7.00. The molecule has 2 fully saturated rings. The summed E-state index contributed by atoms with van der Waals surface area (Å²) < 4.78 is 5.87. The summed E-state index contributed by atoms with van der Waals surface area (Å²) in [6.07, 6.45) is 5.70. The predicted molar refractivity (Wildman–Crippen MR) is 74.0 cm³/mol. The maximum atomic E-state index is 5.87. The summed E-state index contributed by atoms with van der Waals surface area (Å²) >= 11 is 0. The molecular formula is C15H17N3O. The Kier molecular flexibility index (Phi) is 2.62. The molecule has 1 saturated heterocycles. The average Bonchev–Trinajstić information content (AvgIpc) is 3.20. The number of nitrogens with zero attached hydrogens (tertiary/aromatic N) is 2. The largest absolute Gasteiger partial charge is 0.376 e. The number of hydrogen-bond donors (Lipinski definition) is 1. The van der Waals surface area contributed by atoms with Crippen LogP contribution in [0.4, 0.5) is 5.82 Å². The zero-order valence-corrected chi connectivity index (χ0v) is 10.7. The Morgan fingerprint density at radius 2 is 2.00 bits per heavy atom. The molecule has 1 aromatic heterocycles. The highest BCUT2D eigenvalue weighted by Gasteiger charge is 2.40. The highest BCUT2D eigenvalue weighted by Crippen LogP contribution is 2.39. The van der Waals surface area contributed by atoms with Crippen molar-refractivity contribution in [3.63, 3.8) is 0 Å². The van der Waals surface area contributed by atoms with Crippen molar-refractivity contribution in [1.29, 1.82) is 0 Å². The maximum Gasteiger partial charge on any atom is 0.137 e. The van der Waals surface area contributed by atoms with Crippen molar-refractivity contribution in [2.24, 2.45) is 5.92 Å². The lowest BCUT2D eigenvalue weighted by Gasteiger charge is -2.20. The van der Waals surface area contributed by atoms with Crippen LogP contribution in [0.2, 0.25) is 0 Å². The Hall–Kier alpha value is -1.68.